The maximum absolute atomic E-state index is 13.7. The summed E-state index contributed by atoms with van der Waals surface area (Å²) in [6.07, 6.45) is 7.58. The summed E-state index contributed by atoms with van der Waals surface area (Å²) in [5.41, 5.74) is 0.719. The van der Waals surface area contributed by atoms with Gasteiger partial charge in [0.15, 0.2) is 11.5 Å². The van der Waals surface area contributed by atoms with Gasteiger partial charge in [0.05, 0.1) is 33.1 Å². The number of piperazine rings is 1. The molecule has 10 nitrogen and oxygen atoms in total. The minimum absolute atomic E-state index is 0.0168. The van der Waals surface area contributed by atoms with Gasteiger partial charge in [-0.2, -0.15) is 0 Å². The number of methoxy groups -OCH3 is 3. The number of piperidine rings is 1. The molecule has 3 amide bonds. The van der Waals surface area contributed by atoms with E-state index in [2.05, 4.69) is 0 Å². The lowest BCUT2D eigenvalue weighted by molar-refractivity contribution is -0.156. The third-order valence-corrected chi connectivity index (χ3v) is 7.76. The first-order valence-corrected chi connectivity index (χ1v) is 12.4. The SMILES string of the molecule is COc1cc(C(=O)C(=O)N2C3CCCC2C2=CN(C4CCCC4)C(=O)CN2C3=O)cc(OC)c1OC. The Kier molecular flexibility index (Phi) is 6.36. The van der Waals surface area contributed by atoms with Crippen molar-refractivity contribution in [2.45, 2.75) is 63.1 Å². The largest absolute Gasteiger partial charge is 0.493 e. The molecular weight excluding hydrogens is 466 g/mol. The molecule has 192 valence electrons. The quantitative estimate of drug-likeness (QED) is 0.438. The standard InChI is InChI=1S/C26H31N3O7/c1-34-20-11-15(12-21(35-2)24(20)36-3)23(31)26(33)29-17-9-6-10-18(29)25(32)28-14-22(30)27(13-19(17)28)16-7-4-5-8-16/h11-13,16-18H,4-10,14H2,1-3H3. The maximum atomic E-state index is 13.7. The number of rotatable bonds is 6. The van der Waals surface area contributed by atoms with Crippen LogP contribution < -0.4 is 14.2 Å². The van der Waals surface area contributed by atoms with Crippen molar-refractivity contribution in [2.24, 2.45) is 0 Å². The highest BCUT2D eigenvalue weighted by Gasteiger charge is 2.52. The number of Topliss-reactive ketones (excluding diaryl/α,β-unsaturated/α-hetero) is 1. The first kappa shape index (κ1) is 24.1. The highest BCUT2D eigenvalue weighted by atomic mass is 16.5. The molecule has 1 aromatic rings. The second kappa shape index (κ2) is 9.48. The zero-order chi connectivity index (χ0) is 25.6. The van der Waals surface area contributed by atoms with E-state index in [1.807, 2.05) is 0 Å². The number of ketones is 1. The number of hydrogen-bond acceptors (Lipinski definition) is 7. The molecule has 3 fully saturated rings. The van der Waals surface area contributed by atoms with Crippen LogP contribution in [-0.2, 0) is 14.4 Å². The van der Waals surface area contributed by atoms with E-state index in [9.17, 15) is 19.2 Å². The number of amides is 3. The minimum Gasteiger partial charge on any atom is -0.493 e. The number of benzene rings is 1. The average Bonchev–Trinajstić information content (AvgIpc) is 3.44. The van der Waals surface area contributed by atoms with Gasteiger partial charge in [-0.1, -0.05) is 12.8 Å². The lowest BCUT2D eigenvalue weighted by Crippen LogP contribution is -2.67. The summed E-state index contributed by atoms with van der Waals surface area (Å²) < 4.78 is 16.0. The molecule has 0 radical (unpaired) electrons. The Labute approximate surface area is 209 Å². The summed E-state index contributed by atoms with van der Waals surface area (Å²) in [4.78, 5) is 58.2. The molecule has 1 aromatic carbocycles. The van der Waals surface area contributed by atoms with Crippen molar-refractivity contribution >= 4 is 23.5 Å². The molecule has 36 heavy (non-hydrogen) atoms. The van der Waals surface area contributed by atoms with Gasteiger partial charge in [0.2, 0.25) is 17.6 Å². The van der Waals surface area contributed by atoms with E-state index in [-0.39, 0.29) is 41.5 Å². The van der Waals surface area contributed by atoms with Crippen molar-refractivity contribution in [2.75, 3.05) is 27.9 Å². The zero-order valence-corrected chi connectivity index (χ0v) is 20.8. The van der Waals surface area contributed by atoms with Gasteiger partial charge in [0.1, 0.15) is 12.6 Å². The predicted octanol–water partition coefficient (Wildman–Crippen LogP) is 2.11. The van der Waals surface area contributed by atoms with Crippen LogP contribution in [0.3, 0.4) is 0 Å². The van der Waals surface area contributed by atoms with Crippen LogP contribution in [0.1, 0.15) is 55.3 Å². The average molecular weight is 498 g/mol. The summed E-state index contributed by atoms with van der Waals surface area (Å²) in [5.74, 6) is -1.07. The summed E-state index contributed by atoms with van der Waals surface area (Å²) >= 11 is 0. The third kappa shape index (κ3) is 3.79. The fourth-order valence-corrected chi connectivity index (χ4v) is 6.00. The zero-order valence-electron chi connectivity index (χ0n) is 20.8. The second-order valence-corrected chi connectivity index (χ2v) is 9.64. The normalized spacial score (nSPS) is 23.9. The Hall–Kier alpha value is -3.56. The molecule has 0 spiro atoms. The topological polar surface area (TPSA) is 106 Å². The van der Waals surface area contributed by atoms with Crippen LogP contribution in [0.2, 0.25) is 0 Å². The molecule has 0 aromatic heterocycles. The molecule has 2 atom stereocenters. The van der Waals surface area contributed by atoms with Crippen molar-refractivity contribution in [3.8, 4) is 17.2 Å². The van der Waals surface area contributed by atoms with E-state index in [4.69, 9.17) is 14.2 Å². The Morgan fingerprint density at radius 3 is 2.11 bits per heavy atom. The summed E-state index contributed by atoms with van der Waals surface area (Å²) in [6.45, 7) is -0.0168. The predicted molar refractivity (Wildman–Crippen MR) is 128 cm³/mol. The molecule has 0 N–H and O–H groups in total. The van der Waals surface area contributed by atoms with Crippen LogP contribution in [0.5, 0.6) is 17.2 Å². The first-order chi connectivity index (χ1) is 17.4. The van der Waals surface area contributed by atoms with Crippen LogP contribution in [0.4, 0.5) is 0 Å². The fraction of sp³-hybridized carbons (Fsp3) is 0.538. The second-order valence-electron chi connectivity index (χ2n) is 9.64. The maximum Gasteiger partial charge on any atom is 0.296 e. The molecular formula is C26H31N3O7. The molecule has 3 heterocycles. The Morgan fingerprint density at radius 1 is 0.861 bits per heavy atom. The van der Waals surface area contributed by atoms with Crippen LogP contribution in [-0.4, -0.2) is 84.2 Å². The molecule has 2 saturated heterocycles. The van der Waals surface area contributed by atoms with Crippen molar-refractivity contribution in [1.82, 2.24) is 14.7 Å². The molecule has 1 saturated carbocycles. The Morgan fingerprint density at radius 2 is 1.50 bits per heavy atom. The van der Waals surface area contributed by atoms with Gasteiger partial charge in [-0.3, -0.25) is 19.2 Å². The van der Waals surface area contributed by atoms with Crippen LogP contribution in [0.15, 0.2) is 24.0 Å². The van der Waals surface area contributed by atoms with Gasteiger partial charge in [0, 0.05) is 17.8 Å². The summed E-state index contributed by atoms with van der Waals surface area (Å²) in [7, 11) is 4.32. The fourth-order valence-electron chi connectivity index (χ4n) is 6.00. The summed E-state index contributed by atoms with van der Waals surface area (Å²) in [6, 6.07) is 1.78. The molecule has 2 unspecified atom stereocenters. The lowest BCUT2D eigenvalue weighted by Gasteiger charge is -2.52. The molecule has 2 bridgehead atoms. The molecule has 1 aliphatic carbocycles. The molecule has 10 heteroatoms. The van der Waals surface area contributed by atoms with Crippen molar-refractivity contribution in [3.05, 3.63) is 29.6 Å². The number of hydrogen-bond donors (Lipinski definition) is 0. The molecule has 5 rings (SSSR count). The van der Waals surface area contributed by atoms with Crippen LogP contribution in [0, 0.1) is 0 Å². The van der Waals surface area contributed by atoms with Gasteiger partial charge in [-0.25, -0.2) is 0 Å². The van der Waals surface area contributed by atoms with Crippen molar-refractivity contribution in [3.63, 3.8) is 0 Å². The van der Waals surface area contributed by atoms with E-state index in [1.54, 1.807) is 11.1 Å². The lowest BCUT2D eigenvalue weighted by atomic mass is 9.86. The Bertz CT molecular complexity index is 1120. The number of carbonyl (C=O) groups is 4. The number of carbonyl (C=O) groups excluding carboxylic acids is 4. The number of nitrogens with zero attached hydrogens (tertiary/aromatic N) is 3. The van der Waals surface area contributed by atoms with E-state index in [0.29, 0.717) is 24.3 Å². The molecule has 3 aliphatic heterocycles. The number of fused-ring (bicyclic) bond motifs is 4. The highest BCUT2D eigenvalue weighted by molar-refractivity contribution is 6.43. The monoisotopic (exact) mass is 497 g/mol. The number of ether oxygens (including phenoxy) is 3. The van der Waals surface area contributed by atoms with E-state index < -0.39 is 23.8 Å². The smallest absolute Gasteiger partial charge is 0.296 e. The van der Waals surface area contributed by atoms with E-state index >= 15 is 0 Å². The van der Waals surface area contributed by atoms with Gasteiger partial charge >= 0.3 is 0 Å². The molecule has 4 aliphatic rings. The summed E-state index contributed by atoms with van der Waals surface area (Å²) in [5, 5.41) is 0. The van der Waals surface area contributed by atoms with Gasteiger partial charge in [-0.15, -0.1) is 0 Å². The van der Waals surface area contributed by atoms with Crippen LogP contribution >= 0.6 is 0 Å². The van der Waals surface area contributed by atoms with E-state index in [1.165, 1.54) is 43.3 Å². The Balaban J connectivity index is 1.50. The minimum atomic E-state index is -0.773. The first-order valence-electron chi connectivity index (χ1n) is 12.4. The van der Waals surface area contributed by atoms with E-state index in [0.717, 1.165) is 32.1 Å². The van der Waals surface area contributed by atoms with Gasteiger partial charge in [0.25, 0.3) is 11.7 Å². The van der Waals surface area contributed by atoms with Crippen molar-refractivity contribution in [1.29, 1.82) is 0 Å². The van der Waals surface area contributed by atoms with Crippen LogP contribution in [0.25, 0.3) is 0 Å². The third-order valence-electron chi connectivity index (χ3n) is 7.76. The van der Waals surface area contributed by atoms with Gasteiger partial charge in [-0.05, 0) is 44.2 Å². The highest BCUT2D eigenvalue weighted by Crippen LogP contribution is 2.41. The van der Waals surface area contributed by atoms with Crippen molar-refractivity contribution < 1.29 is 33.4 Å². The van der Waals surface area contributed by atoms with Gasteiger partial charge < -0.3 is 28.9 Å².